The van der Waals surface area contributed by atoms with E-state index in [-0.39, 0.29) is 0 Å². The minimum absolute atomic E-state index is 0.515. The van der Waals surface area contributed by atoms with Crippen LogP contribution in [0.25, 0.3) is 22.6 Å². The molecule has 0 aliphatic carbocycles. The molecule has 0 radical (unpaired) electrons. The molecule has 0 aliphatic heterocycles. The summed E-state index contributed by atoms with van der Waals surface area (Å²) in [6, 6.07) is 17.2. The number of aromatic amines is 1. The van der Waals surface area contributed by atoms with E-state index >= 15 is 0 Å². The molecule has 0 saturated carbocycles. The number of benzene rings is 2. The van der Waals surface area contributed by atoms with Gasteiger partial charge in [0.25, 0.3) is 0 Å². The maximum Gasteiger partial charge on any atom is 0.126 e. The summed E-state index contributed by atoms with van der Waals surface area (Å²) in [5.74, 6) is 0.625. The van der Waals surface area contributed by atoms with Crippen molar-refractivity contribution in [2.24, 2.45) is 0 Å². The van der Waals surface area contributed by atoms with E-state index in [0.29, 0.717) is 22.4 Å². The predicted molar refractivity (Wildman–Crippen MR) is 89.5 cm³/mol. The van der Waals surface area contributed by atoms with Gasteiger partial charge in [0.2, 0.25) is 0 Å². The molecule has 2 aromatic carbocycles. The molecule has 0 saturated heterocycles. The van der Waals surface area contributed by atoms with Crippen molar-refractivity contribution in [3.05, 3.63) is 65.4 Å². The summed E-state index contributed by atoms with van der Waals surface area (Å²) in [6.07, 6.45) is 3.61. The summed E-state index contributed by atoms with van der Waals surface area (Å²) < 4.78 is 5.32. The van der Waals surface area contributed by atoms with E-state index < -0.39 is 0 Å². The molecule has 1 aromatic heterocycles. The lowest BCUT2D eigenvalue weighted by molar-refractivity contribution is 0.414. The van der Waals surface area contributed by atoms with Gasteiger partial charge in [0.05, 0.1) is 30.4 Å². The Bertz CT molecular complexity index is 984. The lowest BCUT2D eigenvalue weighted by atomic mass is 10.0. The monoisotopic (exact) mass is 299 g/mol. The van der Waals surface area contributed by atoms with Crippen LogP contribution in [0.4, 0.5) is 0 Å². The topological polar surface area (TPSA) is 72.6 Å². The van der Waals surface area contributed by atoms with Gasteiger partial charge in [-0.2, -0.15) is 10.5 Å². The molecule has 4 heteroatoms. The molecular formula is C19H13N3O. The lowest BCUT2D eigenvalue weighted by Gasteiger charge is -2.06. The van der Waals surface area contributed by atoms with Crippen LogP contribution in [0.15, 0.2) is 48.7 Å². The van der Waals surface area contributed by atoms with Crippen molar-refractivity contribution in [3.63, 3.8) is 0 Å². The van der Waals surface area contributed by atoms with Crippen molar-refractivity contribution in [1.29, 1.82) is 10.5 Å². The van der Waals surface area contributed by atoms with E-state index in [9.17, 15) is 5.26 Å². The van der Waals surface area contributed by atoms with Crippen LogP contribution >= 0.6 is 0 Å². The largest absolute Gasteiger partial charge is 0.496 e. The fourth-order valence-electron chi connectivity index (χ4n) is 2.47. The molecule has 0 aliphatic rings. The second-order valence-electron chi connectivity index (χ2n) is 5.02. The Balaban J connectivity index is 2.12. The van der Waals surface area contributed by atoms with Crippen LogP contribution in [0.5, 0.6) is 5.75 Å². The van der Waals surface area contributed by atoms with Gasteiger partial charge in [0, 0.05) is 17.3 Å². The number of nitriles is 2. The first-order valence-corrected chi connectivity index (χ1v) is 7.02. The predicted octanol–water partition coefficient (Wildman–Crippen LogP) is 4.11. The summed E-state index contributed by atoms with van der Waals surface area (Å²) in [7, 11) is 1.57. The molecule has 0 bridgehead atoms. The van der Waals surface area contributed by atoms with Gasteiger partial charge in [-0.3, -0.25) is 0 Å². The number of aromatic nitrogens is 1. The van der Waals surface area contributed by atoms with E-state index in [0.717, 1.165) is 16.5 Å². The van der Waals surface area contributed by atoms with Gasteiger partial charge in [-0.05, 0) is 53.4 Å². The van der Waals surface area contributed by atoms with Gasteiger partial charge < -0.3 is 9.72 Å². The average molecular weight is 299 g/mol. The second kappa shape index (κ2) is 6.09. The summed E-state index contributed by atoms with van der Waals surface area (Å²) in [5.41, 5.74) is 3.59. The van der Waals surface area contributed by atoms with Crippen molar-refractivity contribution in [3.8, 4) is 17.9 Å². The maximum atomic E-state index is 9.52. The van der Waals surface area contributed by atoms with Crippen molar-refractivity contribution in [2.75, 3.05) is 7.11 Å². The highest BCUT2D eigenvalue weighted by atomic mass is 16.5. The first kappa shape index (κ1) is 14.4. The third kappa shape index (κ3) is 2.79. The van der Waals surface area contributed by atoms with Gasteiger partial charge in [0.1, 0.15) is 5.75 Å². The van der Waals surface area contributed by atoms with E-state index in [1.165, 1.54) is 0 Å². The van der Waals surface area contributed by atoms with Crippen molar-refractivity contribution >= 4 is 22.6 Å². The molecule has 4 nitrogen and oxygen atoms in total. The van der Waals surface area contributed by atoms with Crippen LogP contribution in [-0.4, -0.2) is 12.1 Å². The first-order valence-electron chi connectivity index (χ1n) is 7.02. The number of hydrogen-bond acceptors (Lipinski definition) is 3. The average Bonchev–Trinajstić information content (AvgIpc) is 3.07. The SMILES string of the molecule is COc1ccc(C#N)cc1C=C(C#N)c1ccc2[nH]ccc2c1. The zero-order chi connectivity index (χ0) is 16.2. The maximum absolute atomic E-state index is 9.52. The molecule has 1 N–H and O–H groups in total. The number of hydrogen-bond donors (Lipinski definition) is 1. The van der Waals surface area contributed by atoms with Crippen LogP contribution in [0.3, 0.4) is 0 Å². The number of H-pyrrole nitrogens is 1. The molecule has 3 aromatic rings. The molecular weight excluding hydrogens is 286 g/mol. The number of methoxy groups -OCH3 is 1. The quantitative estimate of drug-likeness (QED) is 0.584. The van der Waals surface area contributed by atoms with E-state index in [1.54, 1.807) is 31.4 Å². The van der Waals surface area contributed by atoms with Gasteiger partial charge in [-0.1, -0.05) is 6.07 Å². The molecule has 3 rings (SSSR count). The zero-order valence-corrected chi connectivity index (χ0v) is 12.5. The summed E-state index contributed by atoms with van der Waals surface area (Å²) in [4.78, 5) is 3.13. The lowest BCUT2D eigenvalue weighted by Crippen LogP contribution is -1.89. The van der Waals surface area contributed by atoms with Crippen molar-refractivity contribution in [1.82, 2.24) is 4.98 Å². The number of allylic oxidation sites excluding steroid dienone is 1. The van der Waals surface area contributed by atoms with Crippen molar-refractivity contribution in [2.45, 2.75) is 0 Å². The number of rotatable bonds is 3. The van der Waals surface area contributed by atoms with Gasteiger partial charge in [-0.15, -0.1) is 0 Å². The molecule has 0 unspecified atom stereocenters. The zero-order valence-electron chi connectivity index (χ0n) is 12.5. The molecule has 110 valence electrons. The Morgan fingerprint density at radius 3 is 2.74 bits per heavy atom. The van der Waals surface area contributed by atoms with Gasteiger partial charge >= 0.3 is 0 Å². The Morgan fingerprint density at radius 2 is 2.00 bits per heavy atom. The van der Waals surface area contributed by atoms with Crippen LogP contribution in [0.1, 0.15) is 16.7 Å². The second-order valence-corrected chi connectivity index (χ2v) is 5.02. The Morgan fingerprint density at radius 1 is 1.13 bits per heavy atom. The van der Waals surface area contributed by atoms with E-state index in [2.05, 4.69) is 17.1 Å². The third-order valence-electron chi connectivity index (χ3n) is 3.64. The molecule has 23 heavy (non-hydrogen) atoms. The van der Waals surface area contributed by atoms with Crippen LogP contribution < -0.4 is 4.74 Å². The van der Waals surface area contributed by atoms with Gasteiger partial charge in [0.15, 0.2) is 0 Å². The molecule has 0 spiro atoms. The van der Waals surface area contributed by atoms with Crippen LogP contribution in [0, 0.1) is 22.7 Å². The number of nitrogens with one attached hydrogen (secondary N) is 1. The van der Waals surface area contributed by atoms with Crippen LogP contribution in [-0.2, 0) is 0 Å². The Kier molecular flexibility index (Phi) is 3.82. The highest BCUT2D eigenvalue weighted by molar-refractivity contribution is 5.94. The molecule has 0 fully saturated rings. The Hall–Kier alpha value is -3.50. The smallest absolute Gasteiger partial charge is 0.126 e. The van der Waals surface area contributed by atoms with Gasteiger partial charge in [-0.25, -0.2) is 0 Å². The normalized spacial score (nSPS) is 11.0. The third-order valence-corrected chi connectivity index (χ3v) is 3.64. The highest BCUT2D eigenvalue weighted by Crippen LogP contribution is 2.27. The fraction of sp³-hybridized carbons (Fsp3) is 0.0526. The van der Waals surface area contributed by atoms with Crippen LogP contribution in [0.2, 0.25) is 0 Å². The van der Waals surface area contributed by atoms with Crippen molar-refractivity contribution < 1.29 is 4.74 Å². The minimum atomic E-state index is 0.515. The molecule has 1 heterocycles. The fourth-order valence-corrected chi connectivity index (χ4v) is 2.47. The number of fused-ring (bicyclic) bond motifs is 1. The van der Waals surface area contributed by atoms with E-state index in [1.807, 2.05) is 30.5 Å². The highest BCUT2D eigenvalue weighted by Gasteiger charge is 2.07. The molecule has 0 amide bonds. The summed E-state index contributed by atoms with van der Waals surface area (Å²) >= 11 is 0. The number of nitrogens with zero attached hydrogens (tertiary/aromatic N) is 2. The summed E-state index contributed by atoms with van der Waals surface area (Å²) in [6.45, 7) is 0. The molecule has 0 atom stereocenters. The first-order chi connectivity index (χ1) is 11.2. The van der Waals surface area contributed by atoms with E-state index in [4.69, 9.17) is 10.00 Å². The minimum Gasteiger partial charge on any atom is -0.496 e. The standard InChI is InChI=1S/C19H13N3O/c1-23-19-5-2-13(11-20)8-16(19)10-17(12-21)14-3-4-18-15(9-14)6-7-22-18/h2-10,22H,1H3. The number of ether oxygens (including phenoxy) is 1. The Labute approximate surface area is 133 Å². The summed E-state index contributed by atoms with van der Waals surface area (Å²) in [5, 5.41) is 19.6.